The van der Waals surface area contributed by atoms with Crippen LogP contribution in [0.4, 0.5) is 20.7 Å². The normalized spacial score (nSPS) is 14.6. The maximum Gasteiger partial charge on any atom is 0.512 e. The predicted octanol–water partition coefficient (Wildman–Crippen LogP) is 6.05. The van der Waals surface area contributed by atoms with Gasteiger partial charge in [-0.15, -0.1) is 0 Å². The highest BCUT2D eigenvalue weighted by molar-refractivity contribution is 7.22. The number of carbonyl (C=O) groups is 2. The fourth-order valence-electron chi connectivity index (χ4n) is 5.93. The number of aromatic nitrogens is 2. The number of hydrogen-bond donors (Lipinski definition) is 3. The minimum Gasteiger partial charge on any atom is -0.494 e. The van der Waals surface area contributed by atoms with E-state index in [-0.39, 0.29) is 11.8 Å². The molecule has 2 aromatic heterocycles. The Bertz CT molecular complexity index is 1850. The van der Waals surface area contributed by atoms with Crippen molar-refractivity contribution in [3.8, 4) is 11.6 Å². The lowest BCUT2D eigenvalue weighted by molar-refractivity contribution is 0.102. The van der Waals surface area contributed by atoms with Crippen LogP contribution >= 0.6 is 22.7 Å². The zero-order chi connectivity index (χ0) is 32.2. The van der Waals surface area contributed by atoms with Gasteiger partial charge in [0.15, 0.2) is 10.3 Å². The summed E-state index contributed by atoms with van der Waals surface area (Å²) in [6.45, 7) is 5.57. The molecule has 1 amide bonds. The Balaban J connectivity index is 1.00. The van der Waals surface area contributed by atoms with E-state index in [2.05, 4.69) is 42.5 Å². The summed E-state index contributed by atoms with van der Waals surface area (Å²) in [4.78, 5) is 39.3. The lowest BCUT2D eigenvalue weighted by Crippen LogP contribution is -2.43. The zero-order valence-electron chi connectivity index (χ0n) is 25.6. The Labute approximate surface area is 279 Å². The van der Waals surface area contributed by atoms with Gasteiger partial charge in [-0.05, 0) is 72.9 Å². The van der Waals surface area contributed by atoms with Crippen molar-refractivity contribution in [3.05, 3.63) is 88.3 Å². The van der Waals surface area contributed by atoms with Crippen LogP contribution in [0.5, 0.6) is 11.6 Å². The highest BCUT2D eigenvalue weighted by Crippen LogP contribution is 2.36. The van der Waals surface area contributed by atoms with Gasteiger partial charge in [-0.3, -0.25) is 10.1 Å². The quantitative estimate of drug-likeness (QED) is 0.119. The molecule has 0 radical (unpaired) electrons. The molecule has 5 aromatic rings. The SMILES string of the molecule is O=C(O)Oc1nc(N2CCc3cccc(C(=O)Nc4nc5ccccc5s4)c3C2)sc1CCCOc1ccc(N2CCNCC2)cc1. The number of rotatable bonds is 10. The van der Waals surface area contributed by atoms with E-state index in [4.69, 9.17) is 9.47 Å². The van der Waals surface area contributed by atoms with Crippen LogP contribution in [-0.2, 0) is 19.4 Å². The minimum atomic E-state index is -1.40. The van der Waals surface area contributed by atoms with Crippen LogP contribution < -0.4 is 29.9 Å². The molecule has 0 aliphatic carbocycles. The van der Waals surface area contributed by atoms with Crippen molar-refractivity contribution in [2.24, 2.45) is 0 Å². The smallest absolute Gasteiger partial charge is 0.494 e. The number of anilines is 3. The molecule has 13 heteroatoms. The van der Waals surface area contributed by atoms with Gasteiger partial charge in [0.2, 0.25) is 5.88 Å². The summed E-state index contributed by atoms with van der Waals surface area (Å²) < 4.78 is 12.1. The van der Waals surface area contributed by atoms with E-state index in [1.165, 1.54) is 28.4 Å². The first-order chi connectivity index (χ1) is 23.0. The molecule has 2 aliphatic heterocycles. The van der Waals surface area contributed by atoms with Crippen LogP contribution in [0, 0.1) is 0 Å². The standard InChI is InChI=1S/C34H34N6O5S2/c41-30(37-32-36-27-7-1-2-8-28(27)46-32)25-6-3-5-22-14-17-40(21-26(22)25)33-38-31(45-34(42)43)29(47-33)9-4-20-44-24-12-10-23(11-13-24)39-18-15-35-16-19-39/h1-3,5-8,10-13,35H,4,9,14-21H2,(H,42,43)(H,36,37,41). The Hall–Kier alpha value is -4.72. The summed E-state index contributed by atoms with van der Waals surface area (Å²) in [5.74, 6) is 0.687. The largest absolute Gasteiger partial charge is 0.512 e. The number of nitrogens with one attached hydrogen (secondary N) is 2. The van der Waals surface area contributed by atoms with Crippen molar-refractivity contribution in [2.75, 3.05) is 54.4 Å². The van der Waals surface area contributed by atoms with Crippen LogP contribution in [0.2, 0.25) is 0 Å². The van der Waals surface area contributed by atoms with Gasteiger partial charge in [0.25, 0.3) is 5.91 Å². The second kappa shape index (κ2) is 14.0. The summed E-state index contributed by atoms with van der Waals surface area (Å²) in [5, 5.41) is 17.0. The van der Waals surface area contributed by atoms with Gasteiger partial charge in [0.05, 0.1) is 21.7 Å². The van der Waals surface area contributed by atoms with Crippen molar-refractivity contribution in [1.82, 2.24) is 15.3 Å². The summed E-state index contributed by atoms with van der Waals surface area (Å²) in [6, 6.07) is 21.7. The number of carboxylic acid groups (broad SMARTS) is 1. The molecule has 7 rings (SSSR count). The van der Waals surface area contributed by atoms with Crippen molar-refractivity contribution in [1.29, 1.82) is 0 Å². The van der Waals surface area contributed by atoms with E-state index < -0.39 is 6.16 Å². The maximum atomic E-state index is 13.4. The van der Waals surface area contributed by atoms with Gasteiger partial charge in [0, 0.05) is 50.5 Å². The lowest BCUT2D eigenvalue weighted by Gasteiger charge is -2.29. The minimum absolute atomic E-state index is 0.102. The molecule has 47 heavy (non-hydrogen) atoms. The molecule has 242 valence electrons. The van der Waals surface area contributed by atoms with Crippen molar-refractivity contribution < 1.29 is 24.2 Å². The first-order valence-electron chi connectivity index (χ1n) is 15.6. The maximum absolute atomic E-state index is 13.4. The average molecular weight is 671 g/mol. The third kappa shape index (κ3) is 7.17. The van der Waals surface area contributed by atoms with Crippen molar-refractivity contribution in [2.45, 2.75) is 25.8 Å². The number of carbonyl (C=O) groups excluding carboxylic acids is 1. The second-order valence-electron chi connectivity index (χ2n) is 11.3. The molecule has 1 saturated heterocycles. The second-order valence-corrected chi connectivity index (χ2v) is 13.4. The van der Waals surface area contributed by atoms with E-state index in [9.17, 15) is 14.7 Å². The van der Waals surface area contributed by atoms with Gasteiger partial charge in [0.1, 0.15) is 5.75 Å². The molecular formula is C34H34N6O5S2. The van der Waals surface area contributed by atoms with Gasteiger partial charge < -0.3 is 29.7 Å². The molecule has 0 saturated carbocycles. The number of aryl methyl sites for hydroxylation is 1. The molecule has 3 aromatic carbocycles. The molecule has 4 heterocycles. The topological polar surface area (TPSA) is 129 Å². The number of amides is 1. The highest BCUT2D eigenvalue weighted by Gasteiger charge is 2.26. The zero-order valence-corrected chi connectivity index (χ0v) is 27.2. The van der Waals surface area contributed by atoms with Crippen LogP contribution in [0.25, 0.3) is 10.2 Å². The highest BCUT2D eigenvalue weighted by atomic mass is 32.1. The summed E-state index contributed by atoms with van der Waals surface area (Å²) in [6.07, 6.45) is 0.542. The van der Waals surface area contributed by atoms with E-state index in [0.717, 1.165) is 64.6 Å². The summed E-state index contributed by atoms with van der Waals surface area (Å²) >= 11 is 2.86. The van der Waals surface area contributed by atoms with E-state index >= 15 is 0 Å². The Morgan fingerprint density at radius 2 is 1.77 bits per heavy atom. The van der Waals surface area contributed by atoms with Crippen molar-refractivity contribution >= 4 is 60.9 Å². The van der Waals surface area contributed by atoms with Gasteiger partial charge in [-0.2, -0.15) is 4.98 Å². The fourth-order valence-corrected chi connectivity index (χ4v) is 7.84. The Kier molecular flexibility index (Phi) is 9.18. The first-order valence-corrected chi connectivity index (χ1v) is 17.2. The van der Waals surface area contributed by atoms with Gasteiger partial charge >= 0.3 is 6.16 Å². The summed E-state index contributed by atoms with van der Waals surface area (Å²) in [5.41, 5.74) is 4.65. The lowest BCUT2D eigenvalue weighted by atomic mass is 9.94. The number of benzene rings is 3. The molecule has 11 nitrogen and oxygen atoms in total. The third-order valence-corrected chi connectivity index (χ3v) is 10.4. The van der Waals surface area contributed by atoms with E-state index in [1.54, 1.807) is 0 Å². The Morgan fingerprint density at radius 3 is 2.57 bits per heavy atom. The number of fused-ring (bicyclic) bond motifs is 2. The number of thiazole rings is 2. The van der Waals surface area contributed by atoms with Crippen LogP contribution in [0.15, 0.2) is 66.7 Å². The molecule has 0 spiro atoms. The number of piperazine rings is 1. The molecule has 0 atom stereocenters. The van der Waals surface area contributed by atoms with Gasteiger partial charge in [-0.25, -0.2) is 9.78 Å². The number of hydrogen-bond acceptors (Lipinski definition) is 11. The first kappa shape index (κ1) is 30.9. The molecule has 0 bridgehead atoms. The molecule has 2 aliphatic rings. The predicted molar refractivity (Wildman–Crippen MR) is 185 cm³/mol. The van der Waals surface area contributed by atoms with E-state index in [0.29, 0.717) is 48.4 Å². The fraction of sp³-hybridized carbons (Fsp3) is 0.294. The van der Waals surface area contributed by atoms with Crippen molar-refractivity contribution in [3.63, 3.8) is 0 Å². The van der Waals surface area contributed by atoms with E-state index in [1.807, 2.05) is 54.6 Å². The van der Waals surface area contributed by atoms with Gasteiger partial charge in [-0.1, -0.05) is 46.9 Å². The number of para-hydroxylation sites is 1. The number of nitrogens with zero attached hydrogens (tertiary/aromatic N) is 4. The number of ether oxygens (including phenoxy) is 2. The molecular weight excluding hydrogens is 637 g/mol. The monoisotopic (exact) mass is 670 g/mol. The molecule has 3 N–H and O–H groups in total. The average Bonchev–Trinajstić information content (AvgIpc) is 3.69. The third-order valence-electron chi connectivity index (χ3n) is 8.27. The Morgan fingerprint density at radius 1 is 0.936 bits per heavy atom. The van der Waals surface area contributed by atoms with Crippen LogP contribution in [0.1, 0.15) is 32.8 Å². The molecule has 0 unspecified atom stereocenters. The van der Waals surface area contributed by atoms with Crippen LogP contribution in [0.3, 0.4) is 0 Å². The van der Waals surface area contributed by atoms with Crippen LogP contribution in [-0.4, -0.2) is 66.5 Å². The molecule has 1 fully saturated rings. The summed E-state index contributed by atoms with van der Waals surface area (Å²) in [7, 11) is 0.